The van der Waals surface area contributed by atoms with E-state index in [1.807, 2.05) is 0 Å². The average molecular weight is 224 g/mol. The summed E-state index contributed by atoms with van der Waals surface area (Å²) < 4.78 is 17.5. The zero-order chi connectivity index (χ0) is 10.8. The van der Waals surface area contributed by atoms with Gasteiger partial charge in [0.2, 0.25) is 0 Å². The fourth-order valence-corrected chi connectivity index (χ4v) is 4.25. The molecule has 2 aliphatic heterocycles. The highest BCUT2D eigenvalue weighted by molar-refractivity contribution is 5.09. The van der Waals surface area contributed by atoms with Crippen molar-refractivity contribution in [3.63, 3.8) is 0 Å². The molecule has 2 heterocycles. The van der Waals surface area contributed by atoms with E-state index in [0.29, 0.717) is 17.6 Å². The SMILES string of the molecule is C[C@@]12CCC3(C[C@@H]1CC[C@H]1O[C@@H]12)OCCO3. The molecule has 3 heteroatoms. The van der Waals surface area contributed by atoms with Crippen molar-refractivity contribution in [2.75, 3.05) is 13.2 Å². The maximum Gasteiger partial charge on any atom is 0.168 e. The van der Waals surface area contributed by atoms with Gasteiger partial charge in [-0.2, -0.15) is 0 Å². The molecule has 0 aromatic carbocycles. The number of epoxide rings is 1. The molecular formula is C13H20O3. The monoisotopic (exact) mass is 224 g/mol. The molecule has 4 rings (SSSR count). The Morgan fingerprint density at radius 3 is 2.69 bits per heavy atom. The molecule has 4 aliphatic rings. The Kier molecular flexibility index (Phi) is 1.85. The van der Waals surface area contributed by atoms with Gasteiger partial charge >= 0.3 is 0 Å². The predicted molar refractivity (Wildman–Crippen MR) is 58.0 cm³/mol. The number of hydrogen-bond acceptors (Lipinski definition) is 3. The zero-order valence-corrected chi connectivity index (χ0v) is 9.91. The first-order valence-corrected chi connectivity index (χ1v) is 6.65. The number of ether oxygens (including phenoxy) is 3. The Morgan fingerprint density at radius 2 is 1.88 bits per heavy atom. The summed E-state index contributed by atoms with van der Waals surface area (Å²) in [7, 11) is 0. The Hall–Kier alpha value is -0.120. The van der Waals surface area contributed by atoms with E-state index in [-0.39, 0.29) is 5.79 Å². The summed E-state index contributed by atoms with van der Waals surface area (Å²) >= 11 is 0. The molecule has 2 saturated carbocycles. The first-order valence-electron chi connectivity index (χ1n) is 6.65. The van der Waals surface area contributed by atoms with E-state index in [0.717, 1.165) is 32.0 Å². The van der Waals surface area contributed by atoms with Crippen LogP contribution in [0.25, 0.3) is 0 Å². The number of rotatable bonds is 0. The van der Waals surface area contributed by atoms with Crippen molar-refractivity contribution in [1.82, 2.24) is 0 Å². The molecule has 0 unspecified atom stereocenters. The molecule has 0 radical (unpaired) electrons. The van der Waals surface area contributed by atoms with Gasteiger partial charge in [-0.05, 0) is 30.6 Å². The topological polar surface area (TPSA) is 31.0 Å². The molecule has 4 atom stereocenters. The second kappa shape index (κ2) is 3.01. The second-order valence-electron chi connectivity index (χ2n) is 6.19. The van der Waals surface area contributed by atoms with Crippen LogP contribution in [-0.4, -0.2) is 31.2 Å². The third-order valence-corrected chi connectivity index (χ3v) is 5.38. The Balaban J connectivity index is 1.59. The molecule has 16 heavy (non-hydrogen) atoms. The van der Waals surface area contributed by atoms with Gasteiger partial charge in [-0.1, -0.05) is 6.92 Å². The van der Waals surface area contributed by atoms with E-state index in [1.165, 1.54) is 19.3 Å². The minimum atomic E-state index is -0.216. The van der Waals surface area contributed by atoms with E-state index in [2.05, 4.69) is 6.92 Å². The fraction of sp³-hybridized carbons (Fsp3) is 1.00. The van der Waals surface area contributed by atoms with Crippen molar-refractivity contribution >= 4 is 0 Å². The van der Waals surface area contributed by atoms with Gasteiger partial charge in [-0.25, -0.2) is 0 Å². The van der Waals surface area contributed by atoms with E-state index in [4.69, 9.17) is 14.2 Å². The van der Waals surface area contributed by atoms with Gasteiger partial charge in [0, 0.05) is 12.8 Å². The Labute approximate surface area is 96.4 Å². The summed E-state index contributed by atoms with van der Waals surface area (Å²) in [6.45, 7) is 3.99. The molecule has 0 N–H and O–H groups in total. The second-order valence-corrected chi connectivity index (χ2v) is 6.19. The highest BCUT2D eigenvalue weighted by Crippen LogP contribution is 2.60. The van der Waals surface area contributed by atoms with E-state index in [9.17, 15) is 0 Å². The van der Waals surface area contributed by atoms with E-state index >= 15 is 0 Å². The molecule has 0 aromatic rings. The molecule has 4 fully saturated rings. The van der Waals surface area contributed by atoms with Crippen molar-refractivity contribution in [3.8, 4) is 0 Å². The Morgan fingerprint density at radius 1 is 1.06 bits per heavy atom. The third kappa shape index (κ3) is 1.20. The summed E-state index contributed by atoms with van der Waals surface area (Å²) in [5, 5.41) is 0. The van der Waals surface area contributed by atoms with Gasteiger partial charge in [-0.15, -0.1) is 0 Å². The lowest BCUT2D eigenvalue weighted by Gasteiger charge is -2.48. The van der Waals surface area contributed by atoms with Gasteiger partial charge in [0.15, 0.2) is 5.79 Å². The van der Waals surface area contributed by atoms with Gasteiger partial charge in [0.05, 0.1) is 25.4 Å². The molecule has 0 aromatic heterocycles. The lowest BCUT2D eigenvalue weighted by Crippen LogP contribution is -2.49. The van der Waals surface area contributed by atoms with Gasteiger partial charge < -0.3 is 14.2 Å². The van der Waals surface area contributed by atoms with Crippen LogP contribution >= 0.6 is 0 Å². The molecule has 2 aliphatic carbocycles. The maximum absolute atomic E-state index is 5.86. The lowest BCUT2D eigenvalue weighted by atomic mass is 9.59. The highest BCUT2D eigenvalue weighted by Gasteiger charge is 2.62. The highest BCUT2D eigenvalue weighted by atomic mass is 16.7. The van der Waals surface area contributed by atoms with Crippen molar-refractivity contribution in [1.29, 1.82) is 0 Å². The number of hydrogen-bond donors (Lipinski definition) is 0. The fourth-order valence-electron chi connectivity index (χ4n) is 4.25. The average Bonchev–Trinajstić information content (AvgIpc) is 2.96. The molecular weight excluding hydrogens is 204 g/mol. The van der Waals surface area contributed by atoms with Crippen LogP contribution in [0.1, 0.15) is 39.0 Å². The van der Waals surface area contributed by atoms with Crippen molar-refractivity contribution < 1.29 is 14.2 Å². The number of fused-ring (bicyclic) bond motifs is 3. The van der Waals surface area contributed by atoms with Gasteiger partial charge in [-0.3, -0.25) is 0 Å². The van der Waals surface area contributed by atoms with E-state index < -0.39 is 0 Å². The minimum Gasteiger partial charge on any atom is -0.369 e. The van der Waals surface area contributed by atoms with Crippen molar-refractivity contribution in [3.05, 3.63) is 0 Å². The normalized spacial score (nSPS) is 53.4. The molecule has 3 nitrogen and oxygen atoms in total. The maximum atomic E-state index is 5.86. The van der Waals surface area contributed by atoms with Crippen LogP contribution in [0, 0.1) is 11.3 Å². The van der Waals surface area contributed by atoms with E-state index in [1.54, 1.807) is 0 Å². The van der Waals surface area contributed by atoms with Crippen LogP contribution in [0.3, 0.4) is 0 Å². The molecule has 1 spiro atoms. The molecule has 90 valence electrons. The summed E-state index contributed by atoms with van der Waals surface area (Å²) in [6.07, 6.45) is 7.04. The first-order chi connectivity index (χ1) is 7.72. The van der Waals surface area contributed by atoms with Crippen molar-refractivity contribution in [2.45, 2.75) is 57.0 Å². The largest absolute Gasteiger partial charge is 0.369 e. The first kappa shape index (κ1) is 9.86. The van der Waals surface area contributed by atoms with Crippen LogP contribution in [0.4, 0.5) is 0 Å². The Bertz CT molecular complexity index is 310. The van der Waals surface area contributed by atoms with Gasteiger partial charge in [0.25, 0.3) is 0 Å². The van der Waals surface area contributed by atoms with Crippen LogP contribution in [0.15, 0.2) is 0 Å². The summed E-state index contributed by atoms with van der Waals surface area (Å²) in [6, 6.07) is 0. The standard InChI is InChI=1S/C13H20O3/c1-12-4-5-13(14-6-7-15-13)8-9(12)2-3-10-11(12)16-10/h9-11H,2-8H2,1H3/t9-,10+,11-,12+/m0/s1. The minimum absolute atomic E-state index is 0.216. The van der Waals surface area contributed by atoms with Crippen LogP contribution in [-0.2, 0) is 14.2 Å². The van der Waals surface area contributed by atoms with Crippen LogP contribution < -0.4 is 0 Å². The van der Waals surface area contributed by atoms with Gasteiger partial charge in [0.1, 0.15) is 0 Å². The summed E-state index contributed by atoms with van der Waals surface area (Å²) in [5.74, 6) is 0.523. The molecule has 0 bridgehead atoms. The smallest absolute Gasteiger partial charge is 0.168 e. The quantitative estimate of drug-likeness (QED) is 0.590. The summed E-state index contributed by atoms with van der Waals surface area (Å²) in [4.78, 5) is 0. The lowest BCUT2D eigenvalue weighted by molar-refractivity contribution is -0.210. The molecule has 0 amide bonds. The third-order valence-electron chi connectivity index (χ3n) is 5.38. The zero-order valence-electron chi connectivity index (χ0n) is 9.91. The van der Waals surface area contributed by atoms with Crippen LogP contribution in [0.5, 0.6) is 0 Å². The molecule has 2 saturated heterocycles. The summed E-state index contributed by atoms with van der Waals surface area (Å²) in [5.41, 5.74) is 0.406. The predicted octanol–water partition coefficient (Wildman–Crippen LogP) is 2.10. The van der Waals surface area contributed by atoms with Crippen LogP contribution in [0.2, 0.25) is 0 Å². The van der Waals surface area contributed by atoms with Crippen molar-refractivity contribution in [2.24, 2.45) is 11.3 Å².